The quantitative estimate of drug-likeness (QED) is 0.453. The molecule has 4 rings (SSSR count). The number of halogens is 1. The van der Waals surface area contributed by atoms with E-state index < -0.39 is 0 Å². The van der Waals surface area contributed by atoms with Crippen molar-refractivity contribution in [3.8, 4) is 0 Å². The van der Waals surface area contributed by atoms with Crippen LogP contribution in [0.1, 0.15) is 28.0 Å². The Hall–Kier alpha value is -3.05. The van der Waals surface area contributed by atoms with Gasteiger partial charge in [0.05, 0.1) is 17.8 Å². The lowest BCUT2D eigenvalue weighted by Gasteiger charge is -2.08. The molecule has 0 fully saturated rings. The molecule has 29 heavy (non-hydrogen) atoms. The largest absolute Gasteiger partial charge is 0.352 e. The van der Waals surface area contributed by atoms with Crippen LogP contribution in [0.3, 0.4) is 0 Å². The van der Waals surface area contributed by atoms with Crippen molar-refractivity contribution in [3.05, 3.63) is 88.8 Å². The van der Waals surface area contributed by atoms with Gasteiger partial charge in [-0.25, -0.2) is 4.68 Å². The number of aromatic nitrogens is 3. The van der Waals surface area contributed by atoms with Crippen LogP contribution in [0.15, 0.2) is 66.9 Å². The van der Waals surface area contributed by atoms with Gasteiger partial charge in [-0.3, -0.25) is 4.79 Å². The van der Waals surface area contributed by atoms with Crippen LogP contribution in [0.5, 0.6) is 0 Å². The summed E-state index contributed by atoms with van der Waals surface area (Å²) in [6.45, 7) is 3.77. The van der Waals surface area contributed by atoms with E-state index in [-0.39, 0.29) is 5.91 Å². The first-order chi connectivity index (χ1) is 14.1. The predicted octanol–water partition coefficient (Wildman–Crippen LogP) is 4.67. The molecule has 0 radical (unpaired) electrons. The minimum absolute atomic E-state index is 0.177. The Morgan fingerprint density at radius 2 is 1.83 bits per heavy atom. The van der Waals surface area contributed by atoms with Gasteiger partial charge < -0.3 is 9.88 Å². The lowest BCUT2D eigenvalue weighted by atomic mass is 10.2. The molecule has 148 valence electrons. The zero-order valence-corrected chi connectivity index (χ0v) is 17.1. The summed E-state index contributed by atoms with van der Waals surface area (Å²) in [5.74, 6) is -0.177. The molecule has 0 unspecified atom stereocenters. The summed E-state index contributed by atoms with van der Waals surface area (Å²) < 4.78 is 3.88. The maximum Gasteiger partial charge on any atom is 0.256 e. The Balaban J connectivity index is 1.36. The highest BCUT2D eigenvalue weighted by Gasteiger charge is 2.20. The fourth-order valence-electron chi connectivity index (χ4n) is 3.55. The van der Waals surface area contributed by atoms with Gasteiger partial charge in [0, 0.05) is 24.8 Å². The summed E-state index contributed by atoms with van der Waals surface area (Å²) in [4.78, 5) is 12.7. The average Bonchev–Trinajstić information content (AvgIpc) is 3.26. The number of rotatable bonds is 7. The number of hydrogen-bond donors (Lipinski definition) is 1. The fourth-order valence-corrected chi connectivity index (χ4v) is 3.87. The van der Waals surface area contributed by atoms with Gasteiger partial charge in [-0.1, -0.05) is 60.1 Å². The van der Waals surface area contributed by atoms with Crippen LogP contribution in [-0.4, -0.2) is 26.8 Å². The summed E-state index contributed by atoms with van der Waals surface area (Å²) in [7, 11) is 0. The molecule has 5 nitrogen and oxygen atoms in total. The monoisotopic (exact) mass is 406 g/mol. The Morgan fingerprint density at radius 3 is 2.66 bits per heavy atom. The van der Waals surface area contributed by atoms with Crippen LogP contribution < -0.4 is 5.32 Å². The van der Waals surface area contributed by atoms with Gasteiger partial charge in [0.25, 0.3) is 5.91 Å². The number of para-hydroxylation sites is 1. The van der Waals surface area contributed by atoms with E-state index in [1.165, 1.54) is 10.9 Å². The third kappa shape index (κ3) is 4.20. The van der Waals surface area contributed by atoms with Gasteiger partial charge >= 0.3 is 0 Å². The van der Waals surface area contributed by atoms with Crippen molar-refractivity contribution in [2.24, 2.45) is 0 Å². The number of carbonyl (C=O) groups is 1. The van der Waals surface area contributed by atoms with Gasteiger partial charge in [-0.15, -0.1) is 0 Å². The molecule has 1 amide bonds. The van der Waals surface area contributed by atoms with E-state index in [1.807, 2.05) is 49.4 Å². The number of amides is 1. The highest BCUT2D eigenvalue weighted by atomic mass is 35.5. The van der Waals surface area contributed by atoms with E-state index in [9.17, 15) is 4.79 Å². The molecule has 0 aliphatic rings. The summed E-state index contributed by atoms with van der Waals surface area (Å²) in [5.41, 5.74) is 3.39. The van der Waals surface area contributed by atoms with Crippen molar-refractivity contribution in [1.29, 1.82) is 0 Å². The second-order valence-corrected chi connectivity index (χ2v) is 7.43. The van der Waals surface area contributed by atoms with Crippen LogP contribution in [0, 0.1) is 6.92 Å². The molecule has 0 saturated heterocycles. The zero-order chi connectivity index (χ0) is 20.2. The van der Waals surface area contributed by atoms with E-state index in [0.29, 0.717) is 29.5 Å². The third-order valence-corrected chi connectivity index (χ3v) is 5.39. The second kappa shape index (κ2) is 8.53. The lowest BCUT2D eigenvalue weighted by molar-refractivity contribution is 0.0952. The molecule has 2 aromatic carbocycles. The Kier molecular flexibility index (Phi) is 5.67. The van der Waals surface area contributed by atoms with Crippen molar-refractivity contribution in [1.82, 2.24) is 19.7 Å². The number of nitrogens with zero attached hydrogens (tertiary/aromatic N) is 3. The van der Waals surface area contributed by atoms with Crippen molar-refractivity contribution in [2.45, 2.75) is 26.4 Å². The number of hydrogen-bond acceptors (Lipinski definition) is 2. The summed E-state index contributed by atoms with van der Waals surface area (Å²) in [5, 5.41) is 9.03. The Bertz CT molecular complexity index is 1130. The summed E-state index contributed by atoms with van der Waals surface area (Å²) in [6.07, 6.45) is 2.92. The van der Waals surface area contributed by atoms with Gasteiger partial charge in [0.15, 0.2) is 0 Å². The molecule has 0 atom stereocenters. The molecule has 4 aromatic rings. The maximum absolute atomic E-state index is 12.7. The Morgan fingerprint density at radius 1 is 1.07 bits per heavy atom. The van der Waals surface area contributed by atoms with E-state index in [4.69, 9.17) is 11.6 Å². The molecule has 0 aliphatic heterocycles. The highest BCUT2D eigenvalue weighted by molar-refractivity contribution is 6.33. The highest BCUT2D eigenvalue weighted by Crippen LogP contribution is 2.21. The first kappa shape index (κ1) is 19.3. The Labute approximate surface area is 174 Å². The molecule has 0 saturated carbocycles. The normalized spacial score (nSPS) is 11.1. The molecule has 0 spiro atoms. The first-order valence-electron chi connectivity index (χ1n) is 9.72. The van der Waals surface area contributed by atoms with Crippen molar-refractivity contribution in [2.75, 3.05) is 6.54 Å². The van der Waals surface area contributed by atoms with Crippen LogP contribution in [0.25, 0.3) is 10.9 Å². The number of benzene rings is 2. The van der Waals surface area contributed by atoms with Crippen LogP contribution in [0.2, 0.25) is 5.15 Å². The van der Waals surface area contributed by atoms with Crippen molar-refractivity contribution >= 4 is 28.4 Å². The topological polar surface area (TPSA) is 51.9 Å². The molecule has 0 aliphatic carbocycles. The molecule has 2 heterocycles. The number of fused-ring (bicyclic) bond motifs is 1. The molecule has 1 N–H and O–H groups in total. The number of aryl methyl sites for hydroxylation is 2. The van der Waals surface area contributed by atoms with E-state index in [2.05, 4.69) is 39.4 Å². The van der Waals surface area contributed by atoms with Gasteiger partial charge in [-0.05, 0) is 36.4 Å². The summed E-state index contributed by atoms with van der Waals surface area (Å²) in [6, 6.07) is 20.3. The van der Waals surface area contributed by atoms with E-state index >= 15 is 0 Å². The minimum atomic E-state index is -0.177. The van der Waals surface area contributed by atoms with E-state index in [1.54, 1.807) is 4.68 Å². The molecular weight excluding hydrogens is 384 g/mol. The third-order valence-electron chi connectivity index (χ3n) is 5.01. The van der Waals surface area contributed by atoms with Crippen LogP contribution in [0.4, 0.5) is 0 Å². The van der Waals surface area contributed by atoms with Gasteiger partial charge in [0.2, 0.25) is 0 Å². The lowest BCUT2D eigenvalue weighted by Crippen LogP contribution is -2.25. The first-order valence-corrected chi connectivity index (χ1v) is 10.1. The standard InChI is InChI=1S/C23H23ClN4O/c1-17-21(22(24)28(26-17)16-18-8-3-2-4-9-18)23(29)25-13-7-14-27-15-12-19-10-5-6-11-20(19)27/h2-6,8-12,15H,7,13-14,16H2,1H3,(H,25,29). The second-order valence-electron chi connectivity index (χ2n) is 7.07. The van der Waals surface area contributed by atoms with Gasteiger partial charge in [-0.2, -0.15) is 5.10 Å². The van der Waals surface area contributed by atoms with Crippen molar-refractivity contribution < 1.29 is 4.79 Å². The molecule has 0 bridgehead atoms. The predicted molar refractivity (Wildman–Crippen MR) is 116 cm³/mol. The molecule has 2 aromatic heterocycles. The van der Waals surface area contributed by atoms with Crippen LogP contribution in [-0.2, 0) is 13.1 Å². The number of carbonyl (C=O) groups excluding carboxylic acids is 1. The summed E-state index contributed by atoms with van der Waals surface area (Å²) >= 11 is 6.47. The molecule has 6 heteroatoms. The SMILES string of the molecule is Cc1nn(Cc2ccccc2)c(Cl)c1C(=O)NCCCn1ccc2ccccc21. The van der Waals surface area contributed by atoms with Crippen molar-refractivity contribution in [3.63, 3.8) is 0 Å². The van der Waals surface area contributed by atoms with E-state index in [0.717, 1.165) is 18.5 Å². The average molecular weight is 407 g/mol. The smallest absolute Gasteiger partial charge is 0.256 e. The molecular formula is C23H23ClN4O. The van der Waals surface area contributed by atoms with Gasteiger partial charge in [0.1, 0.15) is 5.15 Å². The maximum atomic E-state index is 12.7. The number of nitrogens with one attached hydrogen (secondary N) is 1. The zero-order valence-electron chi connectivity index (χ0n) is 16.3. The minimum Gasteiger partial charge on any atom is -0.352 e. The van der Waals surface area contributed by atoms with Crippen LogP contribution >= 0.6 is 11.6 Å². The fraction of sp³-hybridized carbons (Fsp3) is 0.217.